The summed E-state index contributed by atoms with van der Waals surface area (Å²) in [4.78, 5) is 16.6. The van der Waals surface area contributed by atoms with E-state index >= 15 is 0 Å². The van der Waals surface area contributed by atoms with Crippen LogP contribution in [0.15, 0.2) is 29.3 Å². The number of rotatable bonds is 8. The zero-order chi connectivity index (χ0) is 14.9. The molecule has 1 amide bonds. The molecule has 0 atom stereocenters. The SMILES string of the molecule is CCCCCNC(=O)c1ccccc1NCC1=NCCN1. The molecule has 0 radical (unpaired) electrons. The quantitative estimate of drug-likeness (QED) is 0.641. The van der Waals surface area contributed by atoms with Crippen molar-refractivity contribution >= 4 is 17.4 Å². The van der Waals surface area contributed by atoms with E-state index in [9.17, 15) is 4.79 Å². The summed E-state index contributed by atoms with van der Waals surface area (Å²) in [5.74, 6) is 0.934. The molecule has 1 aromatic rings. The third-order valence-corrected chi connectivity index (χ3v) is 3.43. The Morgan fingerprint density at radius 3 is 2.95 bits per heavy atom. The van der Waals surface area contributed by atoms with Crippen LogP contribution in [0, 0.1) is 0 Å². The fourth-order valence-electron chi connectivity index (χ4n) is 2.25. The van der Waals surface area contributed by atoms with Crippen LogP contribution >= 0.6 is 0 Å². The normalized spacial score (nSPS) is 13.5. The summed E-state index contributed by atoms with van der Waals surface area (Å²) in [6.45, 7) is 5.24. The standard InChI is InChI=1S/C16H24N4O/c1-2-3-6-9-19-16(21)13-7-4-5-8-14(13)20-12-15-17-10-11-18-15/h4-5,7-8,20H,2-3,6,9-12H2,1H3,(H,17,18)(H,19,21). The molecule has 0 aromatic heterocycles. The van der Waals surface area contributed by atoms with Crippen LogP contribution < -0.4 is 16.0 Å². The van der Waals surface area contributed by atoms with Crippen LogP contribution in [0.3, 0.4) is 0 Å². The lowest BCUT2D eigenvalue weighted by Gasteiger charge is -2.12. The second-order valence-electron chi connectivity index (χ2n) is 5.12. The lowest BCUT2D eigenvalue weighted by Crippen LogP contribution is -2.28. The lowest BCUT2D eigenvalue weighted by molar-refractivity contribution is 0.0954. The predicted octanol–water partition coefficient (Wildman–Crippen LogP) is 2.02. The van der Waals surface area contributed by atoms with Gasteiger partial charge in [-0.2, -0.15) is 0 Å². The first-order chi connectivity index (χ1) is 10.3. The van der Waals surface area contributed by atoms with Crippen LogP contribution in [0.1, 0.15) is 36.5 Å². The van der Waals surface area contributed by atoms with Crippen molar-refractivity contribution in [2.24, 2.45) is 4.99 Å². The summed E-state index contributed by atoms with van der Waals surface area (Å²) in [5, 5.41) is 9.47. The predicted molar refractivity (Wildman–Crippen MR) is 87.1 cm³/mol. The van der Waals surface area contributed by atoms with Gasteiger partial charge in [0.05, 0.1) is 18.7 Å². The Morgan fingerprint density at radius 2 is 2.19 bits per heavy atom. The van der Waals surface area contributed by atoms with Crippen molar-refractivity contribution in [2.75, 3.05) is 31.5 Å². The smallest absolute Gasteiger partial charge is 0.253 e. The molecule has 0 spiro atoms. The van der Waals surface area contributed by atoms with Crippen LogP contribution in [0.4, 0.5) is 5.69 Å². The van der Waals surface area contributed by atoms with Crippen molar-refractivity contribution in [1.29, 1.82) is 0 Å². The highest BCUT2D eigenvalue weighted by atomic mass is 16.1. The molecule has 1 aromatic carbocycles. The van der Waals surface area contributed by atoms with Gasteiger partial charge in [-0.25, -0.2) is 0 Å². The Balaban J connectivity index is 1.90. The molecule has 21 heavy (non-hydrogen) atoms. The van der Waals surface area contributed by atoms with Crippen LogP contribution in [0.5, 0.6) is 0 Å². The highest BCUT2D eigenvalue weighted by Gasteiger charge is 2.11. The maximum absolute atomic E-state index is 12.2. The van der Waals surface area contributed by atoms with Crippen LogP contribution in [0.2, 0.25) is 0 Å². The molecule has 0 saturated carbocycles. The van der Waals surface area contributed by atoms with E-state index in [0.29, 0.717) is 12.1 Å². The third-order valence-electron chi connectivity index (χ3n) is 3.43. The minimum atomic E-state index is -0.0180. The Kier molecular flexibility index (Phi) is 6.06. The fraction of sp³-hybridized carbons (Fsp3) is 0.500. The number of anilines is 1. The molecular formula is C16H24N4O. The first-order valence-corrected chi connectivity index (χ1v) is 7.69. The van der Waals surface area contributed by atoms with Gasteiger partial charge >= 0.3 is 0 Å². The highest BCUT2D eigenvalue weighted by Crippen LogP contribution is 2.14. The number of carbonyl (C=O) groups excluding carboxylic acids is 1. The summed E-state index contributed by atoms with van der Waals surface area (Å²) in [6, 6.07) is 7.59. The van der Waals surface area contributed by atoms with Crippen molar-refractivity contribution in [3.05, 3.63) is 29.8 Å². The van der Waals surface area contributed by atoms with Gasteiger partial charge in [0.1, 0.15) is 5.84 Å². The van der Waals surface area contributed by atoms with Gasteiger partial charge in [-0.1, -0.05) is 31.9 Å². The van der Waals surface area contributed by atoms with E-state index in [0.717, 1.165) is 50.4 Å². The number of unbranched alkanes of at least 4 members (excludes halogenated alkanes) is 2. The number of benzene rings is 1. The zero-order valence-electron chi connectivity index (χ0n) is 12.6. The van der Waals surface area contributed by atoms with Crippen LogP contribution in [-0.2, 0) is 0 Å². The summed E-state index contributed by atoms with van der Waals surface area (Å²) in [5.41, 5.74) is 1.54. The number of hydrogen-bond acceptors (Lipinski definition) is 4. The number of nitrogens with zero attached hydrogens (tertiary/aromatic N) is 1. The molecule has 0 bridgehead atoms. The first-order valence-electron chi connectivity index (χ1n) is 7.69. The number of para-hydroxylation sites is 1. The van der Waals surface area contributed by atoms with Gasteiger partial charge in [-0.05, 0) is 18.6 Å². The average molecular weight is 288 g/mol. The van der Waals surface area contributed by atoms with Crippen molar-refractivity contribution in [1.82, 2.24) is 10.6 Å². The Hall–Kier alpha value is -2.04. The molecule has 2 rings (SSSR count). The number of aliphatic imine (C=N–C) groups is 1. The number of carbonyl (C=O) groups is 1. The Bertz CT molecular complexity index is 499. The summed E-state index contributed by atoms with van der Waals surface area (Å²) in [6.07, 6.45) is 3.33. The second kappa shape index (κ2) is 8.29. The second-order valence-corrected chi connectivity index (χ2v) is 5.12. The van der Waals surface area contributed by atoms with E-state index in [-0.39, 0.29) is 5.91 Å². The number of hydrogen-bond donors (Lipinski definition) is 3. The molecule has 1 aliphatic heterocycles. The van der Waals surface area contributed by atoms with E-state index < -0.39 is 0 Å². The van der Waals surface area contributed by atoms with Gasteiger partial charge in [0.15, 0.2) is 0 Å². The molecule has 0 aliphatic carbocycles. The van der Waals surface area contributed by atoms with Crippen molar-refractivity contribution in [3.8, 4) is 0 Å². The largest absolute Gasteiger partial charge is 0.377 e. The molecule has 5 nitrogen and oxygen atoms in total. The van der Waals surface area contributed by atoms with Crippen LogP contribution in [0.25, 0.3) is 0 Å². The molecule has 1 aliphatic rings. The highest BCUT2D eigenvalue weighted by molar-refractivity contribution is 6.00. The van der Waals surface area contributed by atoms with Gasteiger partial charge in [-0.3, -0.25) is 9.79 Å². The molecule has 1 heterocycles. The molecule has 0 fully saturated rings. The first kappa shape index (κ1) is 15.4. The lowest BCUT2D eigenvalue weighted by atomic mass is 10.1. The molecule has 0 unspecified atom stereocenters. The van der Waals surface area contributed by atoms with Gasteiger partial charge < -0.3 is 16.0 Å². The van der Waals surface area contributed by atoms with E-state index in [2.05, 4.69) is 27.9 Å². The Labute approximate surface area is 126 Å². The summed E-state index contributed by atoms with van der Waals surface area (Å²) in [7, 11) is 0. The number of amides is 1. The summed E-state index contributed by atoms with van der Waals surface area (Å²) >= 11 is 0. The van der Waals surface area contributed by atoms with Gasteiger partial charge in [0.25, 0.3) is 5.91 Å². The zero-order valence-corrected chi connectivity index (χ0v) is 12.6. The molecule has 3 N–H and O–H groups in total. The van der Waals surface area contributed by atoms with Gasteiger partial charge in [-0.15, -0.1) is 0 Å². The topological polar surface area (TPSA) is 65.5 Å². The maximum atomic E-state index is 12.2. The Morgan fingerprint density at radius 1 is 1.33 bits per heavy atom. The van der Waals surface area contributed by atoms with Crippen molar-refractivity contribution in [2.45, 2.75) is 26.2 Å². The molecular weight excluding hydrogens is 264 g/mol. The molecule has 0 saturated heterocycles. The van der Waals surface area contributed by atoms with Crippen molar-refractivity contribution in [3.63, 3.8) is 0 Å². The minimum Gasteiger partial charge on any atom is -0.377 e. The fourth-order valence-corrected chi connectivity index (χ4v) is 2.25. The van der Waals surface area contributed by atoms with E-state index in [1.165, 1.54) is 0 Å². The molecule has 5 heteroatoms. The van der Waals surface area contributed by atoms with Crippen molar-refractivity contribution < 1.29 is 4.79 Å². The minimum absolute atomic E-state index is 0.0180. The van der Waals surface area contributed by atoms with E-state index in [1.54, 1.807) is 0 Å². The van der Waals surface area contributed by atoms with Gasteiger partial charge in [0.2, 0.25) is 0 Å². The van der Waals surface area contributed by atoms with Crippen LogP contribution in [-0.4, -0.2) is 37.9 Å². The maximum Gasteiger partial charge on any atom is 0.253 e. The van der Waals surface area contributed by atoms with Gasteiger partial charge in [0, 0.05) is 18.8 Å². The summed E-state index contributed by atoms with van der Waals surface area (Å²) < 4.78 is 0. The third kappa shape index (κ3) is 4.77. The van der Waals surface area contributed by atoms with E-state index in [4.69, 9.17) is 0 Å². The number of nitrogens with one attached hydrogen (secondary N) is 3. The monoisotopic (exact) mass is 288 g/mol. The number of amidine groups is 1. The molecule has 114 valence electrons. The average Bonchev–Trinajstić information content (AvgIpc) is 3.03. The van der Waals surface area contributed by atoms with E-state index in [1.807, 2.05) is 24.3 Å².